The number of carbonyl (C=O) groups is 3. The first kappa shape index (κ1) is 26.8. The molecule has 38 heavy (non-hydrogen) atoms. The highest BCUT2D eigenvalue weighted by molar-refractivity contribution is 6.34. The fraction of sp³-hybridized carbons (Fsp3) is 0.179. The molecule has 4 aromatic rings. The highest BCUT2D eigenvalue weighted by Gasteiger charge is 2.17. The Morgan fingerprint density at radius 2 is 1.55 bits per heavy atom. The number of nitrogens with one attached hydrogen (secondary N) is 3. The lowest BCUT2D eigenvalue weighted by Crippen LogP contribution is -2.27. The number of nitrogens with zero attached hydrogens (tertiary/aromatic N) is 1. The fourth-order valence-electron chi connectivity index (χ4n) is 3.91. The van der Waals surface area contributed by atoms with E-state index in [-0.39, 0.29) is 40.3 Å². The Kier molecular flexibility index (Phi) is 7.78. The third kappa shape index (κ3) is 6.00. The van der Waals surface area contributed by atoms with Gasteiger partial charge in [0, 0.05) is 47.9 Å². The van der Waals surface area contributed by atoms with E-state index in [2.05, 4.69) is 16.0 Å². The van der Waals surface area contributed by atoms with Crippen molar-refractivity contribution in [3.63, 3.8) is 0 Å². The summed E-state index contributed by atoms with van der Waals surface area (Å²) in [5.74, 6) is -2.85. The van der Waals surface area contributed by atoms with Crippen LogP contribution in [0.1, 0.15) is 40.3 Å². The molecule has 0 unspecified atom stereocenters. The molecule has 10 heteroatoms. The SMILES string of the molecule is CC(C)C(=O)NCc1ccc(Cl)c(C(=O)Nc2ccc3c(c2)cc(C(=O)Nc2cc(F)cc(F)c2)n3C)c1. The van der Waals surface area contributed by atoms with E-state index in [1.165, 1.54) is 0 Å². The lowest BCUT2D eigenvalue weighted by Gasteiger charge is -2.11. The van der Waals surface area contributed by atoms with Gasteiger partial charge in [-0.1, -0.05) is 31.5 Å². The largest absolute Gasteiger partial charge is 0.352 e. The molecule has 4 rings (SSSR count). The van der Waals surface area contributed by atoms with Crippen molar-refractivity contribution in [1.29, 1.82) is 0 Å². The van der Waals surface area contributed by atoms with Gasteiger partial charge in [0.05, 0.1) is 10.6 Å². The molecule has 3 amide bonds. The van der Waals surface area contributed by atoms with Crippen LogP contribution >= 0.6 is 11.6 Å². The summed E-state index contributed by atoms with van der Waals surface area (Å²) in [4.78, 5) is 37.6. The minimum Gasteiger partial charge on any atom is -0.352 e. The number of halogens is 3. The van der Waals surface area contributed by atoms with Gasteiger partial charge in [-0.15, -0.1) is 0 Å². The zero-order chi connectivity index (χ0) is 27.6. The minimum atomic E-state index is -0.802. The average molecular weight is 539 g/mol. The summed E-state index contributed by atoms with van der Waals surface area (Å²) in [5, 5.41) is 9.03. The minimum absolute atomic E-state index is 0.00594. The standard InChI is InChI=1S/C28H25ClF2N4O3/c1-15(2)26(36)32-14-16-4-6-23(29)22(8-16)27(37)33-20-5-7-24-17(9-20)10-25(35(24)3)28(38)34-21-12-18(30)11-19(31)13-21/h4-13,15H,14H2,1-3H3,(H,32,36)(H,33,37)(H,34,38). The van der Waals surface area contributed by atoms with Gasteiger partial charge in [-0.2, -0.15) is 0 Å². The van der Waals surface area contributed by atoms with E-state index in [0.29, 0.717) is 16.6 Å². The van der Waals surface area contributed by atoms with Gasteiger partial charge in [-0.3, -0.25) is 14.4 Å². The first-order valence-corrected chi connectivity index (χ1v) is 12.1. The van der Waals surface area contributed by atoms with Crippen molar-refractivity contribution >= 4 is 51.6 Å². The molecule has 0 saturated carbocycles. The van der Waals surface area contributed by atoms with Crippen LogP contribution in [-0.4, -0.2) is 22.3 Å². The van der Waals surface area contributed by atoms with Crippen LogP contribution in [0.3, 0.4) is 0 Å². The third-order valence-corrected chi connectivity index (χ3v) is 6.25. The lowest BCUT2D eigenvalue weighted by atomic mass is 10.1. The van der Waals surface area contributed by atoms with Crippen molar-refractivity contribution < 1.29 is 23.2 Å². The van der Waals surface area contributed by atoms with E-state index in [1.54, 1.807) is 67.9 Å². The van der Waals surface area contributed by atoms with Crippen LogP contribution < -0.4 is 16.0 Å². The molecule has 1 heterocycles. The second-order valence-corrected chi connectivity index (χ2v) is 9.52. The number of hydrogen-bond donors (Lipinski definition) is 3. The van der Waals surface area contributed by atoms with Gasteiger partial charge in [0.25, 0.3) is 11.8 Å². The fourth-order valence-corrected chi connectivity index (χ4v) is 4.12. The van der Waals surface area contributed by atoms with Gasteiger partial charge in [0.1, 0.15) is 17.3 Å². The Morgan fingerprint density at radius 1 is 0.868 bits per heavy atom. The van der Waals surface area contributed by atoms with Crippen LogP contribution in [0.4, 0.5) is 20.2 Å². The lowest BCUT2D eigenvalue weighted by molar-refractivity contribution is -0.124. The summed E-state index contributed by atoms with van der Waals surface area (Å²) >= 11 is 6.27. The zero-order valence-electron chi connectivity index (χ0n) is 20.9. The monoisotopic (exact) mass is 538 g/mol. The van der Waals surface area contributed by atoms with Crippen LogP contribution in [0.2, 0.25) is 5.02 Å². The predicted octanol–water partition coefficient (Wildman–Crippen LogP) is 5.89. The van der Waals surface area contributed by atoms with Gasteiger partial charge >= 0.3 is 0 Å². The smallest absolute Gasteiger partial charge is 0.272 e. The number of aryl methyl sites for hydroxylation is 1. The van der Waals surface area contributed by atoms with Gasteiger partial charge in [0.15, 0.2) is 0 Å². The second-order valence-electron chi connectivity index (χ2n) is 9.12. The molecule has 3 N–H and O–H groups in total. The van der Waals surface area contributed by atoms with Gasteiger partial charge in [-0.05, 0) is 54.1 Å². The van der Waals surface area contributed by atoms with Crippen molar-refractivity contribution in [3.05, 3.63) is 94.1 Å². The van der Waals surface area contributed by atoms with Crippen LogP contribution in [0.5, 0.6) is 0 Å². The number of carbonyl (C=O) groups excluding carboxylic acids is 3. The molecular weight excluding hydrogens is 514 g/mol. The van der Waals surface area contributed by atoms with E-state index >= 15 is 0 Å². The average Bonchev–Trinajstić information content (AvgIpc) is 3.18. The number of anilines is 2. The quantitative estimate of drug-likeness (QED) is 0.274. The molecule has 0 spiro atoms. The van der Waals surface area contributed by atoms with E-state index in [1.807, 2.05) is 0 Å². The molecule has 0 bridgehead atoms. The summed E-state index contributed by atoms with van der Waals surface area (Å²) in [6.45, 7) is 3.85. The summed E-state index contributed by atoms with van der Waals surface area (Å²) in [6, 6.07) is 14.5. The van der Waals surface area contributed by atoms with E-state index in [4.69, 9.17) is 11.6 Å². The van der Waals surface area contributed by atoms with Crippen molar-refractivity contribution in [2.75, 3.05) is 10.6 Å². The third-order valence-electron chi connectivity index (χ3n) is 5.92. The van der Waals surface area contributed by atoms with Gasteiger partial charge in [0.2, 0.25) is 5.91 Å². The molecule has 7 nitrogen and oxygen atoms in total. The Bertz CT molecular complexity index is 1550. The molecule has 1 aromatic heterocycles. The Balaban J connectivity index is 1.52. The maximum Gasteiger partial charge on any atom is 0.272 e. The number of fused-ring (bicyclic) bond motifs is 1. The predicted molar refractivity (Wildman–Crippen MR) is 143 cm³/mol. The number of aromatic nitrogens is 1. The summed E-state index contributed by atoms with van der Waals surface area (Å²) in [5.41, 5.74) is 2.40. The van der Waals surface area contributed by atoms with Crippen molar-refractivity contribution in [2.45, 2.75) is 20.4 Å². The van der Waals surface area contributed by atoms with Gasteiger partial charge < -0.3 is 20.5 Å². The normalized spacial score (nSPS) is 11.0. The maximum atomic E-state index is 13.5. The zero-order valence-corrected chi connectivity index (χ0v) is 21.6. The molecule has 196 valence electrons. The highest BCUT2D eigenvalue weighted by Crippen LogP contribution is 2.25. The van der Waals surface area contributed by atoms with Crippen molar-refractivity contribution in [2.24, 2.45) is 13.0 Å². The van der Waals surface area contributed by atoms with Crippen LogP contribution in [0.25, 0.3) is 10.9 Å². The number of benzene rings is 3. The number of amides is 3. The topological polar surface area (TPSA) is 92.2 Å². The van der Waals surface area contributed by atoms with E-state index < -0.39 is 23.4 Å². The summed E-state index contributed by atoms with van der Waals surface area (Å²) < 4.78 is 28.6. The Labute approximate surface area is 222 Å². The Hall–Kier alpha value is -4.24. The first-order chi connectivity index (χ1) is 18.0. The second kappa shape index (κ2) is 11.0. The van der Waals surface area contributed by atoms with Crippen molar-refractivity contribution in [1.82, 2.24) is 9.88 Å². The van der Waals surface area contributed by atoms with E-state index in [9.17, 15) is 23.2 Å². The maximum absolute atomic E-state index is 13.5. The molecule has 0 aliphatic carbocycles. The van der Waals surface area contributed by atoms with Gasteiger partial charge in [-0.25, -0.2) is 8.78 Å². The summed E-state index contributed by atoms with van der Waals surface area (Å²) in [7, 11) is 1.69. The van der Waals surface area contributed by atoms with Crippen LogP contribution in [0, 0.1) is 17.6 Å². The van der Waals surface area contributed by atoms with Crippen molar-refractivity contribution in [3.8, 4) is 0 Å². The summed E-state index contributed by atoms with van der Waals surface area (Å²) in [6.07, 6.45) is 0. The molecular formula is C28H25ClF2N4O3. The van der Waals surface area contributed by atoms with Crippen LogP contribution in [-0.2, 0) is 18.4 Å². The molecule has 0 radical (unpaired) electrons. The number of hydrogen-bond acceptors (Lipinski definition) is 3. The molecule has 0 fully saturated rings. The molecule has 0 aliphatic rings. The van der Waals surface area contributed by atoms with E-state index in [0.717, 1.165) is 23.8 Å². The molecule has 0 aliphatic heterocycles. The Morgan fingerprint density at radius 3 is 2.24 bits per heavy atom. The molecule has 3 aromatic carbocycles. The highest BCUT2D eigenvalue weighted by atomic mass is 35.5. The number of rotatable bonds is 7. The van der Waals surface area contributed by atoms with Crippen LogP contribution in [0.15, 0.2) is 60.7 Å². The molecule has 0 atom stereocenters. The molecule has 0 saturated heterocycles. The first-order valence-electron chi connectivity index (χ1n) is 11.8.